The first-order valence-electron chi connectivity index (χ1n) is 6.36. The van der Waals surface area contributed by atoms with E-state index in [0.717, 1.165) is 25.1 Å². The van der Waals surface area contributed by atoms with E-state index in [1.165, 1.54) is 13.0 Å². The second-order valence-electron chi connectivity index (χ2n) is 4.73. The van der Waals surface area contributed by atoms with Crippen molar-refractivity contribution in [3.05, 3.63) is 52.6 Å². The molecule has 0 aliphatic heterocycles. The third kappa shape index (κ3) is 3.41. The van der Waals surface area contributed by atoms with Gasteiger partial charge in [0.2, 0.25) is 5.95 Å². The molecular weight excluding hydrogens is 318 g/mol. The lowest BCUT2D eigenvalue weighted by molar-refractivity contribution is -0.138. The Morgan fingerprint density at radius 1 is 1.13 bits per heavy atom. The fourth-order valence-electron chi connectivity index (χ4n) is 2.09. The molecule has 0 atom stereocenters. The van der Waals surface area contributed by atoms with E-state index in [-0.39, 0.29) is 17.2 Å². The van der Waals surface area contributed by atoms with Gasteiger partial charge in [-0.15, -0.1) is 0 Å². The van der Waals surface area contributed by atoms with Gasteiger partial charge in [0.05, 0.1) is 11.3 Å². The fraction of sp³-hybridized carbons (Fsp3) is 0.200. The van der Waals surface area contributed by atoms with E-state index in [1.807, 2.05) is 0 Å². The number of carboxylic acid groups (broad SMARTS) is 1. The van der Waals surface area contributed by atoms with E-state index in [0.29, 0.717) is 0 Å². The molecule has 0 fully saturated rings. The van der Waals surface area contributed by atoms with Crippen LogP contribution in [0, 0.1) is 19.8 Å². The summed E-state index contributed by atoms with van der Waals surface area (Å²) in [5.41, 5.74) is -1.99. The molecule has 1 aromatic carbocycles. The Kier molecular flexibility index (Phi) is 4.26. The highest BCUT2D eigenvalue weighted by Crippen LogP contribution is 2.37. The molecule has 0 spiro atoms. The Balaban J connectivity index is 2.55. The molecular formula is C15H11F4NO3. The van der Waals surface area contributed by atoms with Gasteiger partial charge in [-0.25, -0.2) is 9.78 Å². The molecule has 0 aliphatic rings. The van der Waals surface area contributed by atoms with Gasteiger partial charge in [-0.3, -0.25) is 0 Å². The number of carboxylic acids is 1. The first kappa shape index (κ1) is 16.7. The first-order valence-corrected chi connectivity index (χ1v) is 6.36. The number of pyridine rings is 1. The van der Waals surface area contributed by atoms with Crippen LogP contribution in [0.4, 0.5) is 17.6 Å². The second kappa shape index (κ2) is 5.86. The number of nitrogens with zero attached hydrogens (tertiary/aromatic N) is 1. The Labute approximate surface area is 128 Å². The minimum atomic E-state index is -4.68. The lowest BCUT2D eigenvalue weighted by Crippen LogP contribution is -2.12. The number of aromatic nitrogens is 1. The van der Waals surface area contributed by atoms with Crippen LogP contribution in [0.3, 0.4) is 0 Å². The van der Waals surface area contributed by atoms with Crippen LogP contribution < -0.4 is 4.74 Å². The molecule has 1 N–H and O–H groups in total. The van der Waals surface area contributed by atoms with Crippen molar-refractivity contribution < 1.29 is 32.2 Å². The van der Waals surface area contributed by atoms with Crippen molar-refractivity contribution in [1.82, 2.24) is 4.98 Å². The van der Waals surface area contributed by atoms with Gasteiger partial charge in [-0.2, -0.15) is 17.6 Å². The van der Waals surface area contributed by atoms with Crippen LogP contribution in [-0.4, -0.2) is 16.1 Å². The molecule has 0 amide bonds. The summed E-state index contributed by atoms with van der Waals surface area (Å²) < 4.78 is 56.9. The maximum atomic E-state index is 13.0. The molecule has 0 saturated carbocycles. The van der Waals surface area contributed by atoms with Crippen molar-refractivity contribution in [2.24, 2.45) is 0 Å². The molecule has 2 aromatic rings. The number of hydrogen-bond donors (Lipinski definition) is 1. The second-order valence-corrected chi connectivity index (χ2v) is 4.73. The van der Waals surface area contributed by atoms with Crippen LogP contribution in [-0.2, 0) is 6.18 Å². The number of ether oxygens (including phenoxy) is 1. The van der Waals surface area contributed by atoms with Gasteiger partial charge >= 0.3 is 12.1 Å². The number of aryl methyl sites for hydroxylation is 1. The third-order valence-electron chi connectivity index (χ3n) is 3.17. The largest absolute Gasteiger partial charge is 0.478 e. The number of benzene rings is 1. The molecule has 23 heavy (non-hydrogen) atoms. The summed E-state index contributed by atoms with van der Waals surface area (Å²) in [4.78, 5) is 14.8. The van der Waals surface area contributed by atoms with Crippen molar-refractivity contribution >= 4 is 5.97 Å². The van der Waals surface area contributed by atoms with Crippen LogP contribution in [0.2, 0.25) is 0 Å². The first-order chi connectivity index (χ1) is 10.6. The highest BCUT2D eigenvalue weighted by atomic mass is 19.4. The molecule has 0 unspecified atom stereocenters. The van der Waals surface area contributed by atoms with E-state index < -0.39 is 34.8 Å². The van der Waals surface area contributed by atoms with E-state index in [2.05, 4.69) is 4.98 Å². The van der Waals surface area contributed by atoms with Gasteiger partial charge in [-0.05, 0) is 43.7 Å². The van der Waals surface area contributed by atoms with Crippen LogP contribution in [0.5, 0.6) is 11.5 Å². The summed E-state index contributed by atoms with van der Waals surface area (Å²) in [5, 5.41) is 9.21. The molecule has 8 heteroatoms. The minimum Gasteiger partial charge on any atom is -0.478 e. The standard InChI is InChI=1S/C15H11F4NO3/c1-7-9(15(17,18)19)3-4-11(13(7)14(21)22)23-10-5-6-12(16)20-8(10)2/h3-6H,1-2H3,(H,21,22). The molecule has 4 nitrogen and oxygen atoms in total. The third-order valence-corrected chi connectivity index (χ3v) is 3.17. The van der Waals surface area contributed by atoms with Crippen molar-refractivity contribution in [2.75, 3.05) is 0 Å². The predicted octanol–water partition coefficient (Wildman–Crippen LogP) is 4.35. The lowest BCUT2D eigenvalue weighted by atomic mass is 10.0. The highest BCUT2D eigenvalue weighted by Gasteiger charge is 2.35. The normalized spacial score (nSPS) is 11.4. The molecule has 0 aliphatic carbocycles. The van der Waals surface area contributed by atoms with Gasteiger partial charge < -0.3 is 9.84 Å². The summed E-state index contributed by atoms with van der Waals surface area (Å²) >= 11 is 0. The van der Waals surface area contributed by atoms with Crippen LogP contribution >= 0.6 is 0 Å². The number of aromatic carboxylic acids is 1. The number of hydrogen-bond acceptors (Lipinski definition) is 3. The van der Waals surface area contributed by atoms with Crippen LogP contribution in [0.1, 0.15) is 27.2 Å². The zero-order valence-electron chi connectivity index (χ0n) is 12.0. The summed E-state index contributed by atoms with van der Waals surface area (Å²) in [6.07, 6.45) is -4.68. The maximum absolute atomic E-state index is 13.0. The van der Waals surface area contributed by atoms with E-state index >= 15 is 0 Å². The maximum Gasteiger partial charge on any atom is 0.416 e. The van der Waals surface area contributed by atoms with Gasteiger partial charge in [0.25, 0.3) is 0 Å². The van der Waals surface area contributed by atoms with Gasteiger partial charge in [0.15, 0.2) is 0 Å². The Hall–Kier alpha value is -2.64. The van der Waals surface area contributed by atoms with Gasteiger partial charge in [0.1, 0.15) is 17.1 Å². The Morgan fingerprint density at radius 2 is 1.74 bits per heavy atom. The number of halogens is 4. The highest BCUT2D eigenvalue weighted by molar-refractivity contribution is 5.93. The van der Waals surface area contributed by atoms with E-state index in [1.54, 1.807) is 0 Å². The topological polar surface area (TPSA) is 59.4 Å². The molecule has 122 valence electrons. The molecule has 0 saturated heterocycles. The van der Waals surface area contributed by atoms with Gasteiger partial charge in [-0.1, -0.05) is 0 Å². The smallest absolute Gasteiger partial charge is 0.416 e. The molecule has 1 heterocycles. The SMILES string of the molecule is Cc1nc(F)ccc1Oc1ccc(C(F)(F)F)c(C)c1C(=O)O. The van der Waals surface area contributed by atoms with E-state index in [9.17, 15) is 27.5 Å². The Bertz CT molecular complexity index is 772. The zero-order valence-corrected chi connectivity index (χ0v) is 12.0. The lowest BCUT2D eigenvalue weighted by Gasteiger charge is -2.16. The predicted molar refractivity (Wildman–Crippen MR) is 72.1 cm³/mol. The molecule has 0 bridgehead atoms. The quantitative estimate of drug-likeness (QED) is 0.672. The van der Waals surface area contributed by atoms with Crippen molar-refractivity contribution in [1.29, 1.82) is 0 Å². The molecule has 2 rings (SSSR count). The number of rotatable bonds is 3. The monoisotopic (exact) mass is 329 g/mol. The number of alkyl halides is 3. The summed E-state index contributed by atoms with van der Waals surface area (Å²) in [6, 6.07) is 3.88. The summed E-state index contributed by atoms with van der Waals surface area (Å²) in [7, 11) is 0. The summed E-state index contributed by atoms with van der Waals surface area (Å²) in [6.45, 7) is 2.48. The molecule has 1 aromatic heterocycles. The number of carbonyl (C=O) groups is 1. The van der Waals surface area contributed by atoms with Crippen molar-refractivity contribution in [2.45, 2.75) is 20.0 Å². The van der Waals surface area contributed by atoms with Crippen molar-refractivity contribution in [3.63, 3.8) is 0 Å². The van der Waals surface area contributed by atoms with Crippen LogP contribution in [0.15, 0.2) is 24.3 Å². The zero-order chi connectivity index (χ0) is 17.4. The average molecular weight is 329 g/mol. The van der Waals surface area contributed by atoms with E-state index in [4.69, 9.17) is 4.74 Å². The van der Waals surface area contributed by atoms with Crippen molar-refractivity contribution in [3.8, 4) is 11.5 Å². The molecule has 0 radical (unpaired) electrons. The fourth-order valence-corrected chi connectivity index (χ4v) is 2.09. The van der Waals surface area contributed by atoms with Gasteiger partial charge in [0, 0.05) is 0 Å². The Morgan fingerprint density at radius 3 is 2.26 bits per heavy atom. The minimum absolute atomic E-state index is 0.0491. The average Bonchev–Trinajstić information content (AvgIpc) is 2.40. The summed E-state index contributed by atoms with van der Waals surface area (Å²) in [5.74, 6) is -2.54. The van der Waals surface area contributed by atoms with Crippen LogP contribution in [0.25, 0.3) is 0 Å².